The Morgan fingerprint density at radius 3 is 2.54 bits per heavy atom. The molecule has 1 aliphatic rings. The zero-order valence-corrected chi connectivity index (χ0v) is 19.5. The zero-order chi connectivity index (χ0) is 24.9. The van der Waals surface area contributed by atoms with E-state index in [-0.39, 0.29) is 22.0 Å². The molecule has 9 heteroatoms. The molecule has 2 N–H and O–H groups in total. The number of amides is 1. The fourth-order valence-corrected chi connectivity index (χ4v) is 5.16. The summed E-state index contributed by atoms with van der Waals surface area (Å²) in [6.45, 7) is 3.69. The first-order valence-corrected chi connectivity index (χ1v) is 11.5. The molecule has 1 fully saturated rings. The number of aromatic nitrogens is 2. The number of hydrogen-bond donors (Lipinski definition) is 2. The molecule has 1 unspecified atom stereocenters. The third-order valence-electron chi connectivity index (χ3n) is 5.89. The fourth-order valence-electron chi connectivity index (χ4n) is 4.13. The van der Waals surface area contributed by atoms with Crippen LogP contribution < -0.4 is 4.90 Å². The van der Waals surface area contributed by atoms with Crippen LogP contribution in [0.15, 0.2) is 66.4 Å². The minimum Gasteiger partial charge on any atom is -0.507 e. The molecule has 1 atom stereocenters. The highest BCUT2D eigenvalue weighted by atomic mass is 32.1. The summed E-state index contributed by atoms with van der Waals surface area (Å²) in [4.78, 5) is 48.1. The number of benzene rings is 2. The largest absolute Gasteiger partial charge is 0.507 e. The summed E-state index contributed by atoms with van der Waals surface area (Å²) in [6.07, 6.45) is 1.55. The van der Waals surface area contributed by atoms with Gasteiger partial charge in [-0.2, -0.15) is 0 Å². The average Bonchev–Trinajstić information content (AvgIpc) is 3.38. The maximum absolute atomic E-state index is 13.3. The number of rotatable bonds is 4. The molecule has 1 aliphatic heterocycles. The third-order valence-corrected chi connectivity index (χ3v) is 6.91. The van der Waals surface area contributed by atoms with Crippen LogP contribution in [-0.4, -0.2) is 37.8 Å². The van der Waals surface area contributed by atoms with Crippen molar-refractivity contribution in [3.63, 3.8) is 0 Å². The number of aliphatic hydroxyl groups is 1. The van der Waals surface area contributed by atoms with Gasteiger partial charge in [0, 0.05) is 11.8 Å². The first-order valence-electron chi connectivity index (χ1n) is 10.7. The normalized spacial score (nSPS) is 17.3. The van der Waals surface area contributed by atoms with Gasteiger partial charge in [-0.3, -0.25) is 19.5 Å². The van der Waals surface area contributed by atoms with Gasteiger partial charge in [0.25, 0.3) is 5.78 Å². The Labute approximate surface area is 203 Å². The van der Waals surface area contributed by atoms with Gasteiger partial charge in [0.05, 0.1) is 27.0 Å². The molecule has 2 aromatic carbocycles. The van der Waals surface area contributed by atoms with E-state index < -0.39 is 23.7 Å². The van der Waals surface area contributed by atoms with Gasteiger partial charge in [-0.25, -0.2) is 9.78 Å². The number of pyridine rings is 1. The van der Waals surface area contributed by atoms with Crippen LogP contribution in [-0.2, 0) is 9.59 Å². The van der Waals surface area contributed by atoms with Gasteiger partial charge in [-0.15, -0.1) is 0 Å². The molecule has 2 aromatic heterocycles. The van der Waals surface area contributed by atoms with Crippen molar-refractivity contribution < 1.29 is 24.6 Å². The lowest BCUT2D eigenvalue weighted by atomic mass is 9.95. The van der Waals surface area contributed by atoms with Crippen molar-refractivity contribution >= 4 is 50.1 Å². The van der Waals surface area contributed by atoms with Gasteiger partial charge >= 0.3 is 11.9 Å². The van der Waals surface area contributed by atoms with E-state index in [1.807, 2.05) is 26.0 Å². The summed E-state index contributed by atoms with van der Waals surface area (Å²) in [5, 5.41) is 20.8. The molecule has 1 saturated heterocycles. The summed E-state index contributed by atoms with van der Waals surface area (Å²) < 4.78 is 0.552. The number of aromatic carboxylic acids is 1. The summed E-state index contributed by atoms with van der Waals surface area (Å²) in [5.41, 5.74) is 3.00. The maximum Gasteiger partial charge on any atom is 0.335 e. The van der Waals surface area contributed by atoms with Crippen LogP contribution in [0.5, 0.6) is 0 Å². The van der Waals surface area contributed by atoms with Crippen molar-refractivity contribution in [3.8, 4) is 0 Å². The van der Waals surface area contributed by atoms with E-state index in [0.717, 1.165) is 22.5 Å². The summed E-state index contributed by atoms with van der Waals surface area (Å²) in [7, 11) is 0. The molecule has 0 radical (unpaired) electrons. The summed E-state index contributed by atoms with van der Waals surface area (Å²) in [5.74, 6) is -3.05. The molecule has 174 valence electrons. The highest BCUT2D eigenvalue weighted by Crippen LogP contribution is 2.44. The van der Waals surface area contributed by atoms with E-state index in [2.05, 4.69) is 9.97 Å². The predicted molar refractivity (Wildman–Crippen MR) is 132 cm³/mol. The molecular formula is C26H19N3O5S. The Morgan fingerprint density at radius 1 is 1.03 bits per heavy atom. The van der Waals surface area contributed by atoms with Crippen molar-refractivity contribution in [1.29, 1.82) is 0 Å². The lowest BCUT2D eigenvalue weighted by Crippen LogP contribution is -2.29. The smallest absolute Gasteiger partial charge is 0.335 e. The van der Waals surface area contributed by atoms with Gasteiger partial charge in [-0.05, 0) is 55.8 Å². The number of nitrogens with zero attached hydrogens (tertiary/aromatic N) is 3. The van der Waals surface area contributed by atoms with E-state index in [9.17, 15) is 24.6 Å². The van der Waals surface area contributed by atoms with Crippen LogP contribution in [0.4, 0.5) is 5.13 Å². The number of fused-ring (bicyclic) bond motifs is 1. The minimum absolute atomic E-state index is 0.0760. The van der Waals surface area contributed by atoms with Gasteiger partial charge in [0.2, 0.25) is 0 Å². The molecule has 1 amide bonds. The predicted octanol–water partition coefficient (Wildman–Crippen LogP) is 4.63. The van der Waals surface area contributed by atoms with Crippen molar-refractivity contribution in [1.82, 2.24) is 9.97 Å². The van der Waals surface area contributed by atoms with Gasteiger partial charge in [0.1, 0.15) is 11.8 Å². The Kier molecular flexibility index (Phi) is 5.41. The first-order chi connectivity index (χ1) is 16.8. The maximum atomic E-state index is 13.3. The monoisotopic (exact) mass is 485 g/mol. The number of ketones is 1. The number of carboxylic acids is 1. The third kappa shape index (κ3) is 3.75. The number of carboxylic acid groups (broad SMARTS) is 1. The van der Waals surface area contributed by atoms with Crippen LogP contribution >= 0.6 is 11.3 Å². The molecule has 0 spiro atoms. The quantitative estimate of drug-likeness (QED) is 0.246. The van der Waals surface area contributed by atoms with Gasteiger partial charge in [-0.1, -0.05) is 35.1 Å². The molecule has 8 nitrogen and oxygen atoms in total. The van der Waals surface area contributed by atoms with Crippen LogP contribution in [0.25, 0.3) is 16.0 Å². The highest BCUT2D eigenvalue weighted by Gasteiger charge is 2.49. The lowest BCUT2D eigenvalue weighted by Gasteiger charge is -2.22. The molecule has 4 aromatic rings. The molecular weight excluding hydrogens is 466 g/mol. The Hall–Kier alpha value is -4.37. The van der Waals surface area contributed by atoms with Crippen LogP contribution in [0.2, 0.25) is 0 Å². The number of Topliss-reactive ketones (excluding diaryl/α,β-unsaturated/α-hetero) is 1. The number of hydrogen-bond acceptors (Lipinski definition) is 7. The zero-order valence-electron chi connectivity index (χ0n) is 18.7. The molecule has 3 heterocycles. The standard InChI is InChI=1S/C26H19N3O5S/c1-13-6-7-14(2)16(11-13)22(30)20-21(18-5-3-4-10-27-18)29(24(32)23(20)31)26-28-17-9-8-15(25(33)34)12-19(17)35-26/h3-12,21,30H,1-2H3,(H,33,34)/b22-20+. The van der Waals surface area contributed by atoms with Crippen molar-refractivity contribution in [2.45, 2.75) is 19.9 Å². The second kappa shape index (κ2) is 8.44. The first kappa shape index (κ1) is 22.4. The number of anilines is 1. The van der Waals surface area contributed by atoms with Crippen LogP contribution in [0.3, 0.4) is 0 Å². The SMILES string of the molecule is Cc1ccc(C)c(/C(O)=C2\C(=O)C(=O)N(c3nc4ccc(C(=O)O)cc4s3)C2c2ccccn2)c1. The lowest BCUT2D eigenvalue weighted by molar-refractivity contribution is -0.132. The van der Waals surface area contributed by atoms with Crippen molar-refractivity contribution in [2.75, 3.05) is 4.90 Å². The van der Waals surface area contributed by atoms with E-state index in [1.165, 1.54) is 17.0 Å². The molecule has 0 bridgehead atoms. The Balaban J connectivity index is 1.73. The van der Waals surface area contributed by atoms with E-state index in [0.29, 0.717) is 21.5 Å². The number of thiazole rings is 1. The number of carbonyl (C=O) groups is 3. The van der Waals surface area contributed by atoms with E-state index in [4.69, 9.17) is 0 Å². The number of aliphatic hydroxyl groups excluding tert-OH is 1. The van der Waals surface area contributed by atoms with Crippen molar-refractivity contribution in [3.05, 3.63) is 94.3 Å². The van der Waals surface area contributed by atoms with Crippen LogP contribution in [0, 0.1) is 13.8 Å². The average molecular weight is 486 g/mol. The van der Waals surface area contributed by atoms with E-state index >= 15 is 0 Å². The minimum atomic E-state index is -1.08. The fraction of sp³-hybridized carbons (Fsp3) is 0.115. The van der Waals surface area contributed by atoms with Gasteiger partial charge < -0.3 is 10.2 Å². The Bertz CT molecular complexity index is 1560. The molecule has 0 saturated carbocycles. The molecule has 5 rings (SSSR count). The van der Waals surface area contributed by atoms with Gasteiger partial charge in [0.15, 0.2) is 5.13 Å². The molecule has 35 heavy (non-hydrogen) atoms. The second-order valence-electron chi connectivity index (χ2n) is 8.23. The number of carbonyl (C=O) groups excluding carboxylic acids is 2. The second-order valence-corrected chi connectivity index (χ2v) is 9.24. The Morgan fingerprint density at radius 2 is 1.83 bits per heavy atom. The van der Waals surface area contributed by atoms with E-state index in [1.54, 1.807) is 36.5 Å². The highest BCUT2D eigenvalue weighted by molar-refractivity contribution is 7.22. The summed E-state index contributed by atoms with van der Waals surface area (Å²) in [6, 6.07) is 14.1. The number of aryl methyl sites for hydroxylation is 2. The summed E-state index contributed by atoms with van der Waals surface area (Å²) >= 11 is 1.09. The topological polar surface area (TPSA) is 121 Å². The molecule has 0 aliphatic carbocycles. The van der Waals surface area contributed by atoms with Crippen molar-refractivity contribution in [2.24, 2.45) is 0 Å². The van der Waals surface area contributed by atoms with Crippen LogP contribution in [0.1, 0.15) is 38.8 Å².